The fourth-order valence-corrected chi connectivity index (χ4v) is 5.51. The molecule has 214 valence electrons. The number of pyridine rings is 1. The zero-order valence-corrected chi connectivity index (χ0v) is 23.4. The highest BCUT2D eigenvalue weighted by Gasteiger charge is 2.26. The molecule has 0 radical (unpaired) electrons. The van der Waals surface area contributed by atoms with Gasteiger partial charge in [0.25, 0.3) is 0 Å². The molecule has 2 fully saturated rings. The molecule has 0 saturated carbocycles. The molecule has 3 aromatic heterocycles. The van der Waals surface area contributed by atoms with Gasteiger partial charge >= 0.3 is 6.03 Å². The molecule has 2 aliphatic rings. The monoisotopic (exact) mass is 557 g/mol. The van der Waals surface area contributed by atoms with Gasteiger partial charge < -0.3 is 25.0 Å². The number of hydrogen-bond acceptors (Lipinski definition) is 9. The maximum absolute atomic E-state index is 11.7. The van der Waals surface area contributed by atoms with Gasteiger partial charge in [0.2, 0.25) is 0 Å². The van der Waals surface area contributed by atoms with Gasteiger partial charge in [-0.15, -0.1) is 0 Å². The number of amides is 2. The third-order valence-corrected chi connectivity index (χ3v) is 7.75. The van der Waals surface area contributed by atoms with Gasteiger partial charge in [0.05, 0.1) is 37.9 Å². The predicted octanol–water partition coefficient (Wildman–Crippen LogP) is 3.32. The minimum Gasteiger partial charge on any atom is -0.496 e. The number of morpholine rings is 1. The molecule has 0 atom stereocenters. The second-order valence-corrected chi connectivity index (χ2v) is 10.3. The number of hydrogen-bond donors (Lipinski definition) is 2. The summed E-state index contributed by atoms with van der Waals surface area (Å²) in [4.78, 5) is 30.8. The number of nitrogens with zero attached hydrogens (tertiary/aromatic N) is 7. The highest BCUT2D eigenvalue weighted by atomic mass is 16.5. The van der Waals surface area contributed by atoms with Crippen LogP contribution in [0.3, 0.4) is 0 Å². The highest BCUT2D eigenvalue weighted by Crippen LogP contribution is 2.33. The van der Waals surface area contributed by atoms with Crippen molar-refractivity contribution in [3.05, 3.63) is 54.5 Å². The molecule has 1 aromatic carbocycles. The standard InChI is InChI=1S/C29H35N9O3/c1-30-29(39)33-22-5-3-20(4-6-22)26-34-27(37-13-15-41-16-14-37)24-18-32-38(28(24)35-26)23-8-11-36(12-9-23)19-21-17-31-10-7-25(21)40-2/h3-7,10,17-18,23H,8-9,11-16,19H2,1-2H3,(H2,30,33,39). The van der Waals surface area contributed by atoms with Gasteiger partial charge in [0.1, 0.15) is 11.6 Å². The van der Waals surface area contributed by atoms with Crippen LogP contribution in [0.4, 0.5) is 16.3 Å². The molecule has 0 bridgehead atoms. The quantitative estimate of drug-likeness (QED) is 0.352. The number of rotatable bonds is 7. The molecule has 12 nitrogen and oxygen atoms in total. The molecule has 41 heavy (non-hydrogen) atoms. The van der Waals surface area contributed by atoms with Crippen LogP contribution < -0.4 is 20.3 Å². The van der Waals surface area contributed by atoms with Crippen molar-refractivity contribution in [1.82, 2.24) is 34.9 Å². The van der Waals surface area contributed by atoms with Crippen LogP contribution in [0, 0.1) is 0 Å². The van der Waals surface area contributed by atoms with Gasteiger partial charge in [0.15, 0.2) is 11.5 Å². The first-order chi connectivity index (χ1) is 20.1. The van der Waals surface area contributed by atoms with E-state index < -0.39 is 0 Å². The number of anilines is 2. The van der Waals surface area contributed by atoms with Gasteiger partial charge in [-0.25, -0.2) is 19.4 Å². The predicted molar refractivity (Wildman–Crippen MR) is 156 cm³/mol. The summed E-state index contributed by atoms with van der Waals surface area (Å²) in [6.45, 7) is 5.55. The number of likely N-dealkylation sites (tertiary alicyclic amines) is 1. The first-order valence-corrected chi connectivity index (χ1v) is 14.0. The van der Waals surface area contributed by atoms with E-state index in [1.54, 1.807) is 20.4 Å². The molecule has 2 saturated heterocycles. The Kier molecular flexibility index (Phi) is 7.92. The number of nitrogens with one attached hydrogen (secondary N) is 2. The molecule has 4 aromatic rings. The molecule has 0 unspecified atom stereocenters. The lowest BCUT2D eigenvalue weighted by Gasteiger charge is -2.32. The largest absolute Gasteiger partial charge is 0.496 e. The van der Waals surface area contributed by atoms with Crippen LogP contribution in [0.15, 0.2) is 48.9 Å². The Morgan fingerprint density at radius 2 is 1.83 bits per heavy atom. The van der Waals surface area contributed by atoms with Gasteiger partial charge in [0, 0.05) is 69.0 Å². The van der Waals surface area contributed by atoms with Gasteiger partial charge in [-0.05, 0) is 43.2 Å². The summed E-state index contributed by atoms with van der Waals surface area (Å²) in [5.41, 5.74) is 3.51. The number of methoxy groups -OCH3 is 1. The molecule has 12 heteroatoms. The Morgan fingerprint density at radius 1 is 1.05 bits per heavy atom. The molecule has 2 aliphatic heterocycles. The van der Waals surface area contributed by atoms with Crippen LogP contribution in [-0.4, -0.2) is 89.2 Å². The van der Waals surface area contributed by atoms with E-state index >= 15 is 0 Å². The SMILES string of the molecule is CNC(=O)Nc1ccc(-c2nc(N3CCOCC3)c3cnn(C4CCN(Cc5cnccc5OC)CC4)c3n2)cc1. The van der Waals surface area contributed by atoms with Crippen molar-refractivity contribution in [1.29, 1.82) is 0 Å². The van der Waals surface area contributed by atoms with Crippen LogP contribution in [-0.2, 0) is 11.3 Å². The van der Waals surface area contributed by atoms with E-state index in [9.17, 15) is 4.79 Å². The molecule has 0 aliphatic carbocycles. The summed E-state index contributed by atoms with van der Waals surface area (Å²) >= 11 is 0. The van der Waals surface area contributed by atoms with Crippen molar-refractivity contribution in [2.24, 2.45) is 0 Å². The minimum atomic E-state index is -0.264. The fourth-order valence-electron chi connectivity index (χ4n) is 5.51. The average molecular weight is 558 g/mol. The number of ether oxygens (including phenoxy) is 2. The topological polar surface area (TPSA) is 123 Å². The van der Waals surface area contributed by atoms with Crippen LogP contribution >= 0.6 is 0 Å². The summed E-state index contributed by atoms with van der Waals surface area (Å²) in [6.07, 6.45) is 7.48. The van der Waals surface area contributed by atoms with Crippen molar-refractivity contribution >= 4 is 28.6 Å². The number of aromatic nitrogens is 5. The Balaban J connectivity index is 1.27. The van der Waals surface area contributed by atoms with E-state index in [0.29, 0.717) is 24.7 Å². The lowest BCUT2D eigenvalue weighted by molar-refractivity contribution is 0.122. The van der Waals surface area contributed by atoms with Gasteiger partial charge in [-0.1, -0.05) is 0 Å². The summed E-state index contributed by atoms with van der Waals surface area (Å²) in [5.74, 6) is 2.39. The van der Waals surface area contributed by atoms with Crippen LogP contribution in [0.25, 0.3) is 22.4 Å². The van der Waals surface area contributed by atoms with E-state index in [1.165, 1.54) is 0 Å². The minimum absolute atomic E-state index is 0.235. The Morgan fingerprint density at radius 3 is 2.56 bits per heavy atom. The molecule has 0 spiro atoms. The van der Waals surface area contributed by atoms with Crippen molar-refractivity contribution in [2.45, 2.75) is 25.4 Å². The van der Waals surface area contributed by atoms with Gasteiger partial charge in [-0.2, -0.15) is 5.10 Å². The van der Waals surface area contributed by atoms with Crippen LogP contribution in [0.2, 0.25) is 0 Å². The molecule has 2 amide bonds. The second-order valence-electron chi connectivity index (χ2n) is 10.3. The average Bonchev–Trinajstić information content (AvgIpc) is 3.46. The maximum Gasteiger partial charge on any atom is 0.318 e. The maximum atomic E-state index is 11.7. The van der Waals surface area contributed by atoms with E-state index in [0.717, 1.165) is 79.3 Å². The first-order valence-electron chi connectivity index (χ1n) is 14.0. The van der Waals surface area contributed by atoms with Crippen molar-refractivity contribution in [3.8, 4) is 17.1 Å². The normalized spacial score (nSPS) is 16.6. The van der Waals surface area contributed by atoms with E-state index in [-0.39, 0.29) is 12.1 Å². The number of fused-ring (bicyclic) bond motifs is 1. The van der Waals surface area contributed by atoms with E-state index in [4.69, 9.17) is 24.5 Å². The Hall–Kier alpha value is -4.29. The summed E-state index contributed by atoms with van der Waals surface area (Å²) in [5, 5.41) is 11.2. The third-order valence-electron chi connectivity index (χ3n) is 7.75. The van der Waals surface area contributed by atoms with E-state index in [1.807, 2.05) is 42.7 Å². The van der Waals surface area contributed by atoms with Gasteiger partial charge in [-0.3, -0.25) is 9.88 Å². The number of urea groups is 1. The van der Waals surface area contributed by atoms with Crippen molar-refractivity contribution in [3.63, 3.8) is 0 Å². The molecule has 5 heterocycles. The number of piperidine rings is 1. The Bertz CT molecular complexity index is 1490. The summed E-state index contributed by atoms with van der Waals surface area (Å²) in [6, 6.07) is 9.46. The lowest BCUT2D eigenvalue weighted by atomic mass is 10.0. The molecular weight excluding hydrogens is 522 g/mol. The molecular formula is C29H35N9O3. The summed E-state index contributed by atoms with van der Waals surface area (Å²) in [7, 11) is 3.29. The number of carbonyl (C=O) groups excluding carboxylic acids is 1. The lowest BCUT2D eigenvalue weighted by Crippen LogP contribution is -2.37. The molecule has 6 rings (SSSR count). The zero-order valence-electron chi connectivity index (χ0n) is 23.4. The zero-order chi connectivity index (χ0) is 28.2. The number of carbonyl (C=O) groups is 1. The second kappa shape index (κ2) is 12.1. The van der Waals surface area contributed by atoms with E-state index in [2.05, 4.69) is 30.1 Å². The van der Waals surface area contributed by atoms with Crippen molar-refractivity contribution < 1.29 is 14.3 Å². The Labute approximate surface area is 238 Å². The van der Waals surface area contributed by atoms with Crippen LogP contribution in [0.1, 0.15) is 24.4 Å². The molecule has 2 N–H and O–H groups in total. The fraction of sp³-hybridized carbons (Fsp3) is 0.414. The summed E-state index contributed by atoms with van der Waals surface area (Å²) < 4.78 is 13.2. The number of benzene rings is 1. The first kappa shape index (κ1) is 26.9. The highest BCUT2D eigenvalue weighted by molar-refractivity contribution is 5.90. The third kappa shape index (κ3) is 5.79. The smallest absolute Gasteiger partial charge is 0.318 e. The van der Waals surface area contributed by atoms with Crippen molar-refractivity contribution in [2.75, 3.05) is 63.8 Å². The van der Waals surface area contributed by atoms with Crippen LogP contribution in [0.5, 0.6) is 5.75 Å².